The second kappa shape index (κ2) is 9.64. The lowest BCUT2D eigenvalue weighted by Crippen LogP contribution is -2.42. The molecule has 18 heavy (non-hydrogen) atoms. The van der Waals surface area contributed by atoms with Gasteiger partial charge in [-0.1, -0.05) is 6.92 Å². The molecule has 0 aliphatic carbocycles. The van der Waals surface area contributed by atoms with Gasteiger partial charge in [-0.25, -0.2) is 0 Å². The Morgan fingerprint density at radius 3 is 3.06 bits per heavy atom. The fraction of sp³-hybridized carbons (Fsp3) is 0.923. The summed E-state index contributed by atoms with van der Waals surface area (Å²) < 4.78 is 0. The normalized spacial score (nSPS) is 19.2. The van der Waals surface area contributed by atoms with Crippen molar-refractivity contribution >= 4 is 17.7 Å². The number of rotatable bonds is 7. The van der Waals surface area contributed by atoms with Crippen molar-refractivity contribution < 1.29 is 4.79 Å². The predicted octanol–water partition coefficient (Wildman–Crippen LogP) is 0.930. The fourth-order valence-corrected chi connectivity index (χ4v) is 2.87. The van der Waals surface area contributed by atoms with E-state index in [9.17, 15) is 4.79 Å². The Hall–Kier alpha value is -0.260. The van der Waals surface area contributed by atoms with Gasteiger partial charge in [0.15, 0.2) is 0 Å². The molecule has 1 unspecified atom stereocenters. The molecular weight excluding hydrogens is 246 g/mol. The molecule has 1 aliphatic rings. The van der Waals surface area contributed by atoms with Crippen LogP contribution in [-0.4, -0.2) is 61.1 Å². The van der Waals surface area contributed by atoms with Gasteiger partial charge in [0.25, 0.3) is 0 Å². The molecule has 0 spiro atoms. The number of hydrogen-bond donors (Lipinski definition) is 2. The summed E-state index contributed by atoms with van der Waals surface area (Å²) in [7, 11) is 0. The summed E-state index contributed by atoms with van der Waals surface area (Å²) in [4.78, 5) is 14.1. The van der Waals surface area contributed by atoms with Gasteiger partial charge in [-0.15, -0.1) is 0 Å². The van der Waals surface area contributed by atoms with Crippen molar-refractivity contribution in [3.05, 3.63) is 0 Å². The van der Waals surface area contributed by atoms with Crippen LogP contribution in [0, 0.1) is 0 Å². The Morgan fingerprint density at radius 2 is 2.28 bits per heavy atom. The number of hydrogen-bond acceptors (Lipinski definition) is 4. The molecule has 0 radical (unpaired) electrons. The van der Waals surface area contributed by atoms with Crippen LogP contribution in [0.25, 0.3) is 0 Å². The summed E-state index contributed by atoms with van der Waals surface area (Å²) in [6.07, 6.45) is 2.20. The lowest BCUT2D eigenvalue weighted by Gasteiger charge is -2.20. The topological polar surface area (TPSA) is 44.4 Å². The number of thioether (sulfide) groups is 1. The molecule has 1 heterocycles. The zero-order chi connectivity index (χ0) is 13.2. The van der Waals surface area contributed by atoms with E-state index in [0.717, 1.165) is 50.5 Å². The molecule has 5 heteroatoms. The predicted molar refractivity (Wildman–Crippen MR) is 79.1 cm³/mol. The van der Waals surface area contributed by atoms with Gasteiger partial charge in [0, 0.05) is 19.1 Å². The van der Waals surface area contributed by atoms with Crippen molar-refractivity contribution in [2.24, 2.45) is 0 Å². The van der Waals surface area contributed by atoms with Crippen LogP contribution in [0.2, 0.25) is 0 Å². The lowest BCUT2D eigenvalue weighted by molar-refractivity contribution is -0.122. The first-order valence-electron chi connectivity index (χ1n) is 7.02. The van der Waals surface area contributed by atoms with E-state index in [2.05, 4.69) is 29.4 Å². The molecule has 1 fully saturated rings. The number of nitrogens with one attached hydrogen (secondary N) is 2. The SMILES string of the molecule is CCSCCC(C)NC(=O)CN1CCCNCC1. The first-order chi connectivity index (χ1) is 8.72. The summed E-state index contributed by atoms with van der Waals surface area (Å²) in [6.45, 7) is 8.89. The third kappa shape index (κ3) is 7.24. The number of amides is 1. The van der Waals surface area contributed by atoms with E-state index >= 15 is 0 Å². The monoisotopic (exact) mass is 273 g/mol. The van der Waals surface area contributed by atoms with Gasteiger partial charge in [-0.05, 0) is 44.4 Å². The Balaban J connectivity index is 2.15. The molecule has 0 saturated carbocycles. The quantitative estimate of drug-likeness (QED) is 0.677. The molecule has 2 N–H and O–H groups in total. The highest BCUT2D eigenvalue weighted by Gasteiger charge is 2.13. The highest BCUT2D eigenvalue weighted by molar-refractivity contribution is 7.99. The first kappa shape index (κ1) is 15.8. The van der Waals surface area contributed by atoms with Gasteiger partial charge >= 0.3 is 0 Å². The zero-order valence-corrected chi connectivity index (χ0v) is 12.5. The minimum absolute atomic E-state index is 0.172. The van der Waals surface area contributed by atoms with Crippen LogP contribution in [0.15, 0.2) is 0 Å². The zero-order valence-electron chi connectivity index (χ0n) is 11.7. The van der Waals surface area contributed by atoms with E-state index in [1.165, 1.54) is 0 Å². The Labute approximate surface area is 115 Å². The molecule has 0 aromatic rings. The standard InChI is InChI=1S/C13H27N3OS/c1-3-18-10-5-12(2)15-13(17)11-16-8-4-6-14-7-9-16/h12,14H,3-11H2,1-2H3,(H,15,17). The molecule has 0 aromatic carbocycles. The van der Waals surface area contributed by atoms with E-state index in [1.54, 1.807) is 0 Å². The van der Waals surface area contributed by atoms with Crippen molar-refractivity contribution in [2.45, 2.75) is 32.7 Å². The third-order valence-electron chi connectivity index (χ3n) is 3.11. The van der Waals surface area contributed by atoms with Crippen LogP contribution in [0.1, 0.15) is 26.7 Å². The van der Waals surface area contributed by atoms with Crippen LogP contribution < -0.4 is 10.6 Å². The van der Waals surface area contributed by atoms with E-state index in [4.69, 9.17) is 0 Å². The summed E-state index contributed by atoms with van der Waals surface area (Å²) in [6, 6.07) is 0.293. The van der Waals surface area contributed by atoms with Crippen LogP contribution in [0.4, 0.5) is 0 Å². The van der Waals surface area contributed by atoms with E-state index in [-0.39, 0.29) is 5.91 Å². The average molecular weight is 273 g/mol. The van der Waals surface area contributed by atoms with Crippen molar-refractivity contribution in [1.82, 2.24) is 15.5 Å². The number of carbonyl (C=O) groups is 1. The first-order valence-corrected chi connectivity index (χ1v) is 8.18. The highest BCUT2D eigenvalue weighted by atomic mass is 32.2. The van der Waals surface area contributed by atoms with E-state index in [1.807, 2.05) is 11.8 Å². The maximum atomic E-state index is 11.9. The van der Waals surface area contributed by atoms with Crippen molar-refractivity contribution in [3.8, 4) is 0 Å². The minimum Gasteiger partial charge on any atom is -0.353 e. The molecule has 1 aliphatic heterocycles. The van der Waals surface area contributed by atoms with Gasteiger partial charge in [0.1, 0.15) is 0 Å². The van der Waals surface area contributed by atoms with Crippen molar-refractivity contribution in [2.75, 3.05) is 44.2 Å². The maximum absolute atomic E-state index is 11.9. The second-order valence-corrected chi connectivity index (χ2v) is 6.23. The minimum atomic E-state index is 0.172. The molecule has 1 rings (SSSR count). The number of nitrogens with zero attached hydrogens (tertiary/aromatic N) is 1. The van der Waals surface area contributed by atoms with Gasteiger partial charge in [0.05, 0.1) is 6.54 Å². The van der Waals surface area contributed by atoms with Gasteiger partial charge in [-0.3, -0.25) is 9.69 Å². The molecule has 4 nitrogen and oxygen atoms in total. The van der Waals surface area contributed by atoms with Crippen LogP contribution in [-0.2, 0) is 4.79 Å². The van der Waals surface area contributed by atoms with Crippen LogP contribution in [0.3, 0.4) is 0 Å². The Bertz CT molecular complexity index is 230. The second-order valence-electron chi connectivity index (χ2n) is 4.83. The number of carbonyl (C=O) groups excluding carboxylic acids is 1. The smallest absolute Gasteiger partial charge is 0.234 e. The van der Waals surface area contributed by atoms with Gasteiger partial charge in [-0.2, -0.15) is 11.8 Å². The largest absolute Gasteiger partial charge is 0.353 e. The molecule has 1 atom stereocenters. The lowest BCUT2D eigenvalue weighted by atomic mass is 10.2. The van der Waals surface area contributed by atoms with Gasteiger partial charge < -0.3 is 10.6 Å². The highest BCUT2D eigenvalue weighted by Crippen LogP contribution is 2.03. The molecule has 0 aromatic heterocycles. The van der Waals surface area contributed by atoms with Gasteiger partial charge in [0.2, 0.25) is 5.91 Å². The van der Waals surface area contributed by atoms with Crippen LogP contribution in [0.5, 0.6) is 0 Å². The summed E-state index contributed by atoms with van der Waals surface area (Å²) in [5.41, 5.74) is 0. The summed E-state index contributed by atoms with van der Waals surface area (Å²) in [5.74, 6) is 2.46. The van der Waals surface area contributed by atoms with Crippen LogP contribution >= 0.6 is 11.8 Å². The molecular formula is C13H27N3OS. The Kier molecular flexibility index (Phi) is 8.46. The molecule has 1 amide bonds. The fourth-order valence-electron chi connectivity index (χ4n) is 2.06. The summed E-state index contributed by atoms with van der Waals surface area (Å²) in [5, 5.41) is 6.44. The molecule has 1 saturated heterocycles. The maximum Gasteiger partial charge on any atom is 0.234 e. The molecule has 106 valence electrons. The van der Waals surface area contributed by atoms with E-state index < -0.39 is 0 Å². The third-order valence-corrected chi connectivity index (χ3v) is 4.04. The average Bonchev–Trinajstić information content (AvgIpc) is 2.57. The van der Waals surface area contributed by atoms with E-state index in [0.29, 0.717) is 12.6 Å². The van der Waals surface area contributed by atoms with Crippen molar-refractivity contribution in [1.29, 1.82) is 0 Å². The van der Waals surface area contributed by atoms with Crippen molar-refractivity contribution in [3.63, 3.8) is 0 Å². The molecule has 0 bridgehead atoms. The Morgan fingerprint density at radius 1 is 1.44 bits per heavy atom. The summed E-state index contributed by atoms with van der Waals surface area (Å²) >= 11 is 1.93.